The molecule has 1 aromatic carbocycles. The number of amides is 1. The molecule has 3 nitrogen and oxygen atoms in total. The average molecular weight is 294 g/mol. The fourth-order valence-electron chi connectivity index (χ4n) is 3.50. The second-order valence-corrected chi connectivity index (χ2v) is 6.14. The number of hydrogen-bond donors (Lipinski definition) is 1. The molecule has 0 radical (unpaired) electrons. The Hall–Kier alpha value is -1.49. The fourth-order valence-corrected chi connectivity index (χ4v) is 3.50. The molecule has 2 heterocycles. The zero-order valence-electron chi connectivity index (χ0n) is 12.0. The van der Waals surface area contributed by atoms with Gasteiger partial charge in [0.2, 0.25) is 0 Å². The molecule has 5 heteroatoms. The molecule has 1 N–H and O–H groups in total. The first-order valence-electron chi connectivity index (χ1n) is 7.55. The number of carbonyl (C=O) groups excluding carboxylic acids is 1. The zero-order valence-corrected chi connectivity index (χ0v) is 12.0. The van der Waals surface area contributed by atoms with Crippen molar-refractivity contribution in [1.82, 2.24) is 10.2 Å². The van der Waals surface area contributed by atoms with Gasteiger partial charge in [-0.1, -0.05) is 6.07 Å². The molecule has 0 aromatic heterocycles. The topological polar surface area (TPSA) is 32.3 Å². The van der Waals surface area contributed by atoms with E-state index in [-0.39, 0.29) is 0 Å². The van der Waals surface area contributed by atoms with E-state index in [1.54, 1.807) is 4.90 Å². The van der Waals surface area contributed by atoms with E-state index in [0.29, 0.717) is 18.5 Å². The van der Waals surface area contributed by atoms with Gasteiger partial charge in [0.05, 0.1) is 0 Å². The van der Waals surface area contributed by atoms with Crippen LogP contribution in [0.1, 0.15) is 36.0 Å². The van der Waals surface area contributed by atoms with E-state index in [0.717, 1.165) is 50.9 Å². The van der Waals surface area contributed by atoms with Crippen molar-refractivity contribution in [3.63, 3.8) is 0 Å². The van der Waals surface area contributed by atoms with Gasteiger partial charge in [-0.2, -0.15) is 0 Å². The Morgan fingerprint density at radius 2 is 1.62 bits per heavy atom. The zero-order chi connectivity index (χ0) is 14.9. The van der Waals surface area contributed by atoms with E-state index in [2.05, 4.69) is 5.32 Å². The summed E-state index contributed by atoms with van der Waals surface area (Å²) in [5.41, 5.74) is -0.103. The van der Waals surface area contributed by atoms with Gasteiger partial charge in [-0.15, -0.1) is 0 Å². The van der Waals surface area contributed by atoms with Crippen LogP contribution >= 0.6 is 0 Å². The summed E-state index contributed by atoms with van der Waals surface area (Å²) < 4.78 is 27.4. The maximum Gasteiger partial charge on any atom is 0.259 e. The Balaban J connectivity index is 1.70. The predicted octanol–water partition coefficient (Wildman–Crippen LogP) is 2.57. The first-order valence-corrected chi connectivity index (χ1v) is 7.55. The molecule has 1 amide bonds. The normalized spacial score (nSPS) is 21.5. The van der Waals surface area contributed by atoms with Gasteiger partial charge in [0, 0.05) is 13.1 Å². The van der Waals surface area contributed by atoms with E-state index in [1.165, 1.54) is 6.07 Å². The largest absolute Gasteiger partial charge is 0.338 e. The summed E-state index contributed by atoms with van der Waals surface area (Å²) in [4.78, 5) is 13.9. The first-order chi connectivity index (χ1) is 10.1. The van der Waals surface area contributed by atoms with E-state index < -0.39 is 23.1 Å². The van der Waals surface area contributed by atoms with Crippen molar-refractivity contribution >= 4 is 5.91 Å². The monoisotopic (exact) mass is 294 g/mol. The third-order valence-electron chi connectivity index (χ3n) is 4.95. The number of nitrogens with one attached hydrogen (secondary N) is 1. The number of likely N-dealkylation sites (tertiary alicyclic amines) is 1. The van der Waals surface area contributed by atoms with Gasteiger partial charge >= 0.3 is 0 Å². The molecule has 21 heavy (non-hydrogen) atoms. The Labute approximate surface area is 123 Å². The minimum absolute atomic E-state index is 0.315. The van der Waals surface area contributed by atoms with Crippen LogP contribution in [0.4, 0.5) is 8.78 Å². The third kappa shape index (κ3) is 2.79. The maximum absolute atomic E-state index is 13.7. The molecule has 2 fully saturated rings. The minimum Gasteiger partial charge on any atom is -0.338 e. The lowest BCUT2D eigenvalue weighted by molar-refractivity contribution is 0.0488. The molecular formula is C16H20F2N2O. The van der Waals surface area contributed by atoms with Crippen LogP contribution in [0.25, 0.3) is 0 Å². The number of rotatable bonds is 1. The van der Waals surface area contributed by atoms with E-state index in [1.807, 2.05) is 0 Å². The smallest absolute Gasteiger partial charge is 0.259 e. The van der Waals surface area contributed by atoms with E-state index in [4.69, 9.17) is 0 Å². The van der Waals surface area contributed by atoms with Crippen LogP contribution in [-0.4, -0.2) is 37.0 Å². The summed E-state index contributed by atoms with van der Waals surface area (Å²) in [6.07, 6.45) is 4.11. The number of nitrogens with zero attached hydrogens (tertiary/aromatic N) is 1. The molecule has 0 saturated carbocycles. The number of piperidine rings is 2. The highest BCUT2D eigenvalue weighted by atomic mass is 19.1. The van der Waals surface area contributed by atoms with Crippen molar-refractivity contribution in [2.75, 3.05) is 26.2 Å². The van der Waals surface area contributed by atoms with Crippen molar-refractivity contribution in [1.29, 1.82) is 0 Å². The first kappa shape index (κ1) is 14.4. The van der Waals surface area contributed by atoms with Gasteiger partial charge < -0.3 is 10.2 Å². The van der Waals surface area contributed by atoms with Crippen LogP contribution in [0, 0.1) is 17.0 Å². The predicted molar refractivity (Wildman–Crippen MR) is 76.0 cm³/mol. The molecule has 3 rings (SSSR count). The highest BCUT2D eigenvalue weighted by Gasteiger charge is 2.37. The summed E-state index contributed by atoms with van der Waals surface area (Å²) in [5.74, 6) is -2.07. The van der Waals surface area contributed by atoms with Crippen molar-refractivity contribution in [3.8, 4) is 0 Å². The van der Waals surface area contributed by atoms with Crippen LogP contribution in [0.2, 0.25) is 0 Å². The molecule has 2 aliphatic rings. The summed E-state index contributed by atoms with van der Waals surface area (Å²) in [6, 6.07) is 3.55. The summed E-state index contributed by atoms with van der Waals surface area (Å²) in [6.45, 7) is 3.23. The van der Waals surface area contributed by atoms with Crippen molar-refractivity contribution in [3.05, 3.63) is 35.4 Å². The van der Waals surface area contributed by atoms with Crippen LogP contribution in [0.15, 0.2) is 18.2 Å². The van der Waals surface area contributed by atoms with Crippen LogP contribution in [0.3, 0.4) is 0 Å². The Kier molecular flexibility index (Phi) is 3.93. The summed E-state index contributed by atoms with van der Waals surface area (Å²) >= 11 is 0. The molecule has 2 aliphatic heterocycles. The second kappa shape index (κ2) is 5.72. The van der Waals surface area contributed by atoms with Crippen molar-refractivity contribution < 1.29 is 13.6 Å². The molecule has 114 valence electrons. The van der Waals surface area contributed by atoms with Gasteiger partial charge in [-0.3, -0.25) is 4.79 Å². The Bertz CT molecular complexity index is 511. The molecule has 0 unspecified atom stereocenters. The second-order valence-electron chi connectivity index (χ2n) is 6.14. The summed E-state index contributed by atoms with van der Waals surface area (Å²) in [7, 11) is 0. The molecule has 0 aliphatic carbocycles. The number of carbonyl (C=O) groups is 1. The van der Waals surface area contributed by atoms with E-state index in [9.17, 15) is 13.6 Å². The molecular weight excluding hydrogens is 274 g/mol. The minimum atomic E-state index is -0.776. The standard InChI is InChI=1S/C16H20F2N2O/c17-12-2-1-3-13(18)14(12)15(21)20-10-6-16(7-11-20)4-8-19-9-5-16/h1-3,19H,4-11H2. The Morgan fingerprint density at radius 1 is 1.05 bits per heavy atom. The lowest BCUT2D eigenvalue weighted by Gasteiger charge is -2.44. The maximum atomic E-state index is 13.7. The molecule has 0 atom stereocenters. The number of hydrogen-bond acceptors (Lipinski definition) is 2. The SMILES string of the molecule is O=C(c1c(F)cccc1F)N1CCC2(CCNCC2)CC1. The van der Waals surface area contributed by atoms with Gasteiger partial charge in [0.15, 0.2) is 0 Å². The Morgan fingerprint density at radius 3 is 2.19 bits per heavy atom. The van der Waals surface area contributed by atoms with E-state index >= 15 is 0 Å². The van der Waals surface area contributed by atoms with Gasteiger partial charge in [0.1, 0.15) is 17.2 Å². The average Bonchev–Trinajstić information content (AvgIpc) is 2.48. The molecule has 1 spiro atoms. The van der Waals surface area contributed by atoms with Crippen LogP contribution in [-0.2, 0) is 0 Å². The fraction of sp³-hybridized carbons (Fsp3) is 0.562. The highest BCUT2D eigenvalue weighted by Crippen LogP contribution is 2.39. The van der Waals surface area contributed by atoms with Crippen LogP contribution < -0.4 is 5.32 Å². The van der Waals surface area contributed by atoms with Gasteiger partial charge in [-0.05, 0) is 56.3 Å². The lowest BCUT2D eigenvalue weighted by Crippen LogP contribution is -2.47. The van der Waals surface area contributed by atoms with Crippen LogP contribution in [0.5, 0.6) is 0 Å². The quantitative estimate of drug-likeness (QED) is 0.863. The van der Waals surface area contributed by atoms with Gasteiger partial charge in [0.25, 0.3) is 5.91 Å². The number of halogens is 2. The molecule has 0 bridgehead atoms. The molecule has 1 aromatic rings. The third-order valence-corrected chi connectivity index (χ3v) is 4.95. The number of benzene rings is 1. The van der Waals surface area contributed by atoms with Crippen molar-refractivity contribution in [2.45, 2.75) is 25.7 Å². The lowest BCUT2D eigenvalue weighted by atomic mass is 9.71. The van der Waals surface area contributed by atoms with Crippen molar-refractivity contribution in [2.24, 2.45) is 5.41 Å². The highest BCUT2D eigenvalue weighted by molar-refractivity contribution is 5.94. The molecule has 2 saturated heterocycles. The summed E-state index contributed by atoms with van der Waals surface area (Å²) in [5, 5.41) is 3.35. The van der Waals surface area contributed by atoms with Gasteiger partial charge in [-0.25, -0.2) is 8.78 Å².